The molecule has 0 bridgehead atoms. The standard InChI is InChI=1S/C24H25ClFN3O4S/c25-17-2-1-3-18(26)16(17)13-34-14-21-22(30)28-20-12-15(4-5-19(20)27-21)23(31)29-8-6-24(7-9-29)32-10-11-33-24/h1-5,12,21,27H,6-11,13-14H2,(H,28,30)/t21-/m1/s1. The summed E-state index contributed by atoms with van der Waals surface area (Å²) in [6.45, 7) is 2.32. The summed E-state index contributed by atoms with van der Waals surface area (Å²) in [5.41, 5.74) is 2.27. The molecule has 2 saturated heterocycles. The van der Waals surface area contributed by atoms with Gasteiger partial charge < -0.3 is 25.0 Å². The molecule has 3 heterocycles. The van der Waals surface area contributed by atoms with Gasteiger partial charge in [0, 0.05) is 53.6 Å². The van der Waals surface area contributed by atoms with Crippen LogP contribution >= 0.6 is 23.4 Å². The lowest BCUT2D eigenvalue weighted by molar-refractivity contribution is -0.181. The molecule has 10 heteroatoms. The first-order valence-electron chi connectivity index (χ1n) is 11.2. The normalized spacial score (nSPS) is 21.2. The number of nitrogens with one attached hydrogen (secondary N) is 2. The predicted octanol–water partition coefficient (Wildman–Crippen LogP) is 4.12. The zero-order valence-electron chi connectivity index (χ0n) is 18.4. The van der Waals surface area contributed by atoms with Gasteiger partial charge in [-0.2, -0.15) is 11.8 Å². The third kappa shape index (κ3) is 4.75. The summed E-state index contributed by atoms with van der Waals surface area (Å²) in [7, 11) is 0. The van der Waals surface area contributed by atoms with Gasteiger partial charge >= 0.3 is 0 Å². The molecule has 0 aromatic heterocycles. The highest BCUT2D eigenvalue weighted by Crippen LogP contribution is 2.33. The number of anilines is 2. The van der Waals surface area contributed by atoms with Crippen molar-refractivity contribution in [1.29, 1.82) is 0 Å². The van der Waals surface area contributed by atoms with Gasteiger partial charge in [0.1, 0.15) is 11.9 Å². The Balaban J connectivity index is 1.19. The Morgan fingerprint density at radius 2 is 1.94 bits per heavy atom. The van der Waals surface area contributed by atoms with Crippen molar-refractivity contribution in [3.8, 4) is 0 Å². The lowest BCUT2D eigenvalue weighted by atomic mass is 10.0. The number of amides is 2. The van der Waals surface area contributed by atoms with Gasteiger partial charge in [0.05, 0.1) is 24.6 Å². The fourth-order valence-corrected chi connectivity index (χ4v) is 5.86. The molecular weight excluding hydrogens is 481 g/mol. The number of piperidine rings is 1. The minimum absolute atomic E-state index is 0.0793. The largest absolute Gasteiger partial charge is 0.371 e. The number of carbonyl (C=O) groups is 2. The smallest absolute Gasteiger partial charge is 0.253 e. The first kappa shape index (κ1) is 23.4. The van der Waals surface area contributed by atoms with Crippen molar-refractivity contribution in [2.24, 2.45) is 0 Å². The molecule has 0 radical (unpaired) electrons. The molecule has 2 aromatic carbocycles. The molecule has 180 valence electrons. The SMILES string of the molecule is O=C1Nc2cc(C(=O)N3CCC4(CC3)OCCO4)ccc2N[C@@H]1CSCc1c(F)cccc1Cl. The summed E-state index contributed by atoms with van der Waals surface area (Å²) in [5.74, 6) is -0.351. The van der Waals surface area contributed by atoms with E-state index in [1.807, 2.05) is 6.07 Å². The molecule has 1 spiro atoms. The molecule has 3 aliphatic heterocycles. The average Bonchev–Trinajstić information content (AvgIpc) is 3.28. The summed E-state index contributed by atoms with van der Waals surface area (Å²) < 4.78 is 25.4. The van der Waals surface area contributed by atoms with Crippen molar-refractivity contribution in [3.63, 3.8) is 0 Å². The topological polar surface area (TPSA) is 79.9 Å². The van der Waals surface area contributed by atoms with Crippen LogP contribution in [0.1, 0.15) is 28.8 Å². The van der Waals surface area contributed by atoms with Crippen LogP contribution in [0.15, 0.2) is 36.4 Å². The van der Waals surface area contributed by atoms with Crippen LogP contribution < -0.4 is 10.6 Å². The van der Waals surface area contributed by atoms with Gasteiger partial charge in [0.2, 0.25) is 5.91 Å². The van der Waals surface area contributed by atoms with Crippen molar-refractivity contribution >= 4 is 46.6 Å². The fourth-order valence-electron chi connectivity index (χ4n) is 4.46. The maximum Gasteiger partial charge on any atom is 0.253 e. The minimum Gasteiger partial charge on any atom is -0.371 e. The molecule has 5 rings (SSSR count). The number of rotatable bonds is 5. The van der Waals surface area contributed by atoms with Crippen LogP contribution in [0.4, 0.5) is 15.8 Å². The molecule has 0 saturated carbocycles. The van der Waals surface area contributed by atoms with Gasteiger partial charge in [-0.3, -0.25) is 9.59 Å². The van der Waals surface area contributed by atoms with Crippen LogP contribution in [0, 0.1) is 5.82 Å². The second-order valence-corrected chi connectivity index (χ2v) is 10.00. The monoisotopic (exact) mass is 505 g/mol. The van der Waals surface area contributed by atoms with Gasteiger partial charge in [-0.1, -0.05) is 17.7 Å². The highest BCUT2D eigenvalue weighted by molar-refractivity contribution is 7.98. The Kier molecular flexibility index (Phi) is 6.70. The van der Waals surface area contributed by atoms with E-state index in [9.17, 15) is 14.0 Å². The minimum atomic E-state index is -0.533. The lowest BCUT2D eigenvalue weighted by Crippen LogP contribution is -2.47. The maximum atomic E-state index is 14.0. The fraction of sp³-hybridized carbons (Fsp3) is 0.417. The number of hydrogen-bond donors (Lipinski definition) is 2. The second kappa shape index (κ2) is 9.73. The zero-order chi connectivity index (χ0) is 23.7. The van der Waals surface area contributed by atoms with E-state index in [2.05, 4.69) is 10.6 Å². The van der Waals surface area contributed by atoms with Crippen LogP contribution in [0.3, 0.4) is 0 Å². The van der Waals surface area contributed by atoms with Gasteiger partial charge in [0.25, 0.3) is 5.91 Å². The van der Waals surface area contributed by atoms with Gasteiger partial charge in [-0.25, -0.2) is 4.39 Å². The molecule has 0 aliphatic carbocycles. The highest BCUT2D eigenvalue weighted by Gasteiger charge is 2.41. The van der Waals surface area contributed by atoms with Crippen LogP contribution in [0.5, 0.6) is 0 Å². The van der Waals surface area contributed by atoms with E-state index in [-0.39, 0.29) is 17.6 Å². The van der Waals surface area contributed by atoms with Crippen molar-refractivity contribution < 1.29 is 23.5 Å². The number of likely N-dealkylation sites (tertiary alicyclic amines) is 1. The van der Waals surface area contributed by atoms with E-state index in [4.69, 9.17) is 21.1 Å². The molecule has 3 aliphatic rings. The van der Waals surface area contributed by atoms with Crippen molar-refractivity contribution in [2.75, 3.05) is 42.7 Å². The van der Waals surface area contributed by atoms with Crippen molar-refractivity contribution in [2.45, 2.75) is 30.4 Å². The molecule has 34 heavy (non-hydrogen) atoms. The summed E-state index contributed by atoms with van der Waals surface area (Å²) >= 11 is 7.51. The first-order valence-corrected chi connectivity index (χ1v) is 12.8. The summed E-state index contributed by atoms with van der Waals surface area (Å²) in [5, 5.41) is 6.49. The average molecular weight is 506 g/mol. The van der Waals surface area contributed by atoms with E-state index >= 15 is 0 Å². The molecule has 2 aromatic rings. The quantitative estimate of drug-likeness (QED) is 0.636. The Morgan fingerprint density at radius 1 is 1.18 bits per heavy atom. The van der Waals surface area contributed by atoms with Gasteiger partial charge in [-0.15, -0.1) is 0 Å². The number of carbonyl (C=O) groups excluding carboxylic acids is 2. The first-order chi connectivity index (χ1) is 16.4. The predicted molar refractivity (Wildman–Crippen MR) is 130 cm³/mol. The third-order valence-electron chi connectivity index (χ3n) is 6.39. The molecule has 2 N–H and O–H groups in total. The number of halogens is 2. The van der Waals surface area contributed by atoms with E-state index < -0.39 is 11.8 Å². The number of benzene rings is 2. The third-order valence-corrected chi connectivity index (χ3v) is 7.81. The molecule has 1 atom stereocenters. The van der Waals surface area contributed by atoms with E-state index in [1.54, 1.807) is 29.2 Å². The summed E-state index contributed by atoms with van der Waals surface area (Å²) in [4.78, 5) is 27.5. The van der Waals surface area contributed by atoms with Gasteiger partial charge in [-0.05, 0) is 30.3 Å². The second-order valence-electron chi connectivity index (χ2n) is 8.56. The van der Waals surface area contributed by atoms with E-state index in [0.29, 0.717) is 72.5 Å². The molecular formula is C24H25ClFN3O4S. The Morgan fingerprint density at radius 3 is 2.68 bits per heavy atom. The number of fused-ring (bicyclic) bond motifs is 1. The van der Waals surface area contributed by atoms with Crippen molar-refractivity contribution in [3.05, 3.63) is 58.4 Å². The molecule has 2 amide bonds. The summed E-state index contributed by atoms with van der Waals surface area (Å²) in [6, 6.07) is 9.40. The number of nitrogens with zero attached hydrogens (tertiary/aromatic N) is 1. The zero-order valence-corrected chi connectivity index (χ0v) is 20.0. The summed E-state index contributed by atoms with van der Waals surface area (Å²) in [6.07, 6.45) is 1.30. The Hall–Kier alpha value is -2.33. The Labute approximate surface area is 206 Å². The lowest BCUT2D eigenvalue weighted by Gasteiger charge is -2.37. The maximum absolute atomic E-state index is 14.0. The van der Waals surface area contributed by atoms with Crippen LogP contribution in [0.2, 0.25) is 5.02 Å². The number of hydrogen-bond acceptors (Lipinski definition) is 6. The van der Waals surface area contributed by atoms with Crippen LogP contribution in [-0.4, -0.2) is 60.6 Å². The van der Waals surface area contributed by atoms with Crippen molar-refractivity contribution in [1.82, 2.24) is 4.90 Å². The molecule has 2 fully saturated rings. The highest BCUT2D eigenvalue weighted by atomic mass is 35.5. The van der Waals surface area contributed by atoms with E-state index in [0.717, 1.165) is 5.69 Å². The van der Waals surface area contributed by atoms with Crippen LogP contribution in [0.25, 0.3) is 0 Å². The number of ether oxygens (including phenoxy) is 2. The van der Waals surface area contributed by atoms with E-state index in [1.165, 1.54) is 17.8 Å². The number of thioether (sulfide) groups is 1. The van der Waals surface area contributed by atoms with Gasteiger partial charge in [0.15, 0.2) is 5.79 Å². The molecule has 7 nitrogen and oxygen atoms in total. The van der Waals surface area contributed by atoms with Crippen LogP contribution in [-0.2, 0) is 20.0 Å². The molecule has 0 unspecified atom stereocenters. The Bertz CT molecular complexity index is 1080.